The van der Waals surface area contributed by atoms with Crippen LogP contribution >= 0.6 is 11.6 Å². The molecule has 1 aromatic rings. The first-order valence-electron chi connectivity index (χ1n) is 4.34. The van der Waals surface area contributed by atoms with Gasteiger partial charge >= 0.3 is 6.03 Å². The van der Waals surface area contributed by atoms with Gasteiger partial charge < -0.3 is 10.6 Å². The Morgan fingerprint density at radius 2 is 2.07 bits per heavy atom. The average Bonchev–Trinajstić information content (AvgIpc) is 2.21. The van der Waals surface area contributed by atoms with E-state index in [0.717, 1.165) is 0 Å². The number of benzene rings is 1. The van der Waals surface area contributed by atoms with E-state index in [1.54, 1.807) is 31.2 Å². The van der Waals surface area contributed by atoms with E-state index in [-0.39, 0.29) is 0 Å². The Hall–Kier alpha value is -1.73. The molecule has 0 aliphatic carbocycles. The van der Waals surface area contributed by atoms with Gasteiger partial charge in [-0.2, -0.15) is 5.26 Å². The fourth-order valence-corrected chi connectivity index (χ4v) is 1.06. The predicted molar refractivity (Wildman–Crippen MR) is 58.7 cm³/mol. The Bertz CT molecular complexity index is 383. The Kier molecular flexibility index (Phi) is 3.95. The number of carbonyl (C=O) groups is 1. The summed E-state index contributed by atoms with van der Waals surface area (Å²) in [6.45, 7) is 1.60. The molecule has 0 spiro atoms. The average molecular weight is 224 g/mol. The van der Waals surface area contributed by atoms with E-state index in [9.17, 15) is 4.79 Å². The van der Waals surface area contributed by atoms with Crippen molar-refractivity contribution in [1.29, 1.82) is 5.26 Å². The van der Waals surface area contributed by atoms with E-state index in [0.29, 0.717) is 10.7 Å². The third-order valence-corrected chi connectivity index (χ3v) is 1.90. The van der Waals surface area contributed by atoms with E-state index in [1.165, 1.54) is 0 Å². The molecular weight excluding hydrogens is 214 g/mol. The second kappa shape index (κ2) is 5.23. The molecule has 15 heavy (non-hydrogen) atoms. The van der Waals surface area contributed by atoms with Gasteiger partial charge in [-0.3, -0.25) is 0 Å². The second-order valence-corrected chi connectivity index (χ2v) is 3.39. The van der Waals surface area contributed by atoms with Crippen molar-refractivity contribution in [2.24, 2.45) is 0 Å². The molecule has 0 saturated carbocycles. The zero-order valence-electron chi connectivity index (χ0n) is 8.12. The van der Waals surface area contributed by atoms with Crippen LogP contribution in [-0.4, -0.2) is 12.1 Å². The van der Waals surface area contributed by atoms with Crippen LogP contribution in [0.3, 0.4) is 0 Å². The molecule has 0 aliphatic rings. The summed E-state index contributed by atoms with van der Waals surface area (Å²) in [4.78, 5) is 11.3. The van der Waals surface area contributed by atoms with Gasteiger partial charge in [0.2, 0.25) is 0 Å². The van der Waals surface area contributed by atoms with Gasteiger partial charge in [-0.25, -0.2) is 4.79 Å². The zero-order chi connectivity index (χ0) is 11.3. The fraction of sp³-hybridized carbons (Fsp3) is 0.200. The molecular formula is C10H10ClN3O. The van der Waals surface area contributed by atoms with Crippen molar-refractivity contribution in [2.75, 3.05) is 5.32 Å². The van der Waals surface area contributed by atoms with Crippen molar-refractivity contribution in [3.63, 3.8) is 0 Å². The Balaban J connectivity index is 2.52. The standard InChI is InChI=1S/C10H10ClN3O/c1-7(6-12)13-10(15)14-9-4-2-8(11)3-5-9/h2-5,7H,1H3,(H2,13,14,15). The molecule has 1 rings (SSSR count). The summed E-state index contributed by atoms with van der Waals surface area (Å²) in [5.41, 5.74) is 0.627. The quantitative estimate of drug-likeness (QED) is 0.809. The fourth-order valence-electron chi connectivity index (χ4n) is 0.929. The van der Waals surface area contributed by atoms with E-state index in [4.69, 9.17) is 16.9 Å². The predicted octanol–water partition coefficient (Wildman–Crippen LogP) is 2.37. The number of hydrogen-bond acceptors (Lipinski definition) is 2. The molecule has 0 aliphatic heterocycles. The molecule has 0 bridgehead atoms. The Labute approximate surface area is 92.8 Å². The van der Waals surface area contributed by atoms with Gasteiger partial charge in [-0.05, 0) is 31.2 Å². The van der Waals surface area contributed by atoms with Crippen molar-refractivity contribution in [3.8, 4) is 6.07 Å². The summed E-state index contributed by atoms with van der Waals surface area (Å²) in [6.07, 6.45) is 0. The van der Waals surface area contributed by atoms with E-state index < -0.39 is 12.1 Å². The van der Waals surface area contributed by atoms with E-state index in [1.807, 2.05) is 6.07 Å². The lowest BCUT2D eigenvalue weighted by molar-refractivity contribution is 0.251. The highest BCUT2D eigenvalue weighted by Gasteiger charge is 2.05. The van der Waals surface area contributed by atoms with Gasteiger partial charge in [-0.15, -0.1) is 0 Å². The number of nitriles is 1. The monoisotopic (exact) mass is 223 g/mol. The highest BCUT2D eigenvalue weighted by Crippen LogP contribution is 2.12. The van der Waals surface area contributed by atoms with Crippen LogP contribution in [0.15, 0.2) is 24.3 Å². The second-order valence-electron chi connectivity index (χ2n) is 2.96. The smallest absolute Gasteiger partial charge is 0.320 e. The summed E-state index contributed by atoms with van der Waals surface area (Å²) < 4.78 is 0. The van der Waals surface area contributed by atoms with Gasteiger partial charge in [0, 0.05) is 10.7 Å². The van der Waals surface area contributed by atoms with Crippen molar-refractivity contribution in [1.82, 2.24) is 5.32 Å². The number of nitrogens with zero attached hydrogens (tertiary/aromatic N) is 1. The molecule has 0 aromatic heterocycles. The minimum Gasteiger partial charge on any atom is -0.322 e. The van der Waals surface area contributed by atoms with Crippen LogP contribution in [0.4, 0.5) is 10.5 Å². The summed E-state index contributed by atoms with van der Waals surface area (Å²) in [5.74, 6) is 0. The van der Waals surface area contributed by atoms with Crippen molar-refractivity contribution < 1.29 is 4.79 Å². The van der Waals surface area contributed by atoms with Gasteiger partial charge in [0.05, 0.1) is 6.07 Å². The van der Waals surface area contributed by atoms with Gasteiger partial charge in [0.25, 0.3) is 0 Å². The number of halogens is 1. The molecule has 1 aromatic carbocycles. The van der Waals surface area contributed by atoms with Gasteiger partial charge in [-0.1, -0.05) is 11.6 Å². The highest BCUT2D eigenvalue weighted by atomic mass is 35.5. The molecule has 0 heterocycles. The Morgan fingerprint density at radius 3 is 2.60 bits per heavy atom. The summed E-state index contributed by atoms with van der Waals surface area (Å²) in [7, 11) is 0. The Morgan fingerprint density at radius 1 is 1.47 bits per heavy atom. The van der Waals surface area contributed by atoms with Crippen LogP contribution < -0.4 is 10.6 Å². The topological polar surface area (TPSA) is 64.9 Å². The third-order valence-electron chi connectivity index (χ3n) is 1.64. The summed E-state index contributed by atoms with van der Waals surface area (Å²) >= 11 is 5.68. The molecule has 2 N–H and O–H groups in total. The van der Waals surface area contributed by atoms with Crippen molar-refractivity contribution >= 4 is 23.3 Å². The number of carbonyl (C=O) groups excluding carboxylic acids is 1. The van der Waals surface area contributed by atoms with E-state index >= 15 is 0 Å². The number of hydrogen-bond donors (Lipinski definition) is 2. The van der Waals surface area contributed by atoms with Crippen LogP contribution in [0, 0.1) is 11.3 Å². The molecule has 5 heteroatoms. The van der Waals surface area contributed by atoms with Crippen LogP contribution in [0.2, 0.25) is 5.02 Å². The first-order chi connectivity index (χ1) is 7.11. The molecule has 0 fully saturated rings. The van der Waals surface area contributed by atoms with Crippen molar-refractivity contribution in [3.05, 3.63) is 29.3 Å². The van der Waals surface area contributed by atoms with Crippen LogP contribution in [0.5, 0.6) is 0 Å². The molecule has 2 amide bonds. The molecule has 78 valence electrons. The maximum atomic E-state index is 11.3. The lowest BCUT2D eigenvalue weighted by Gasteiger charge is -2.08. The first kappa shape index (κ1) is 11.3. The minimum atomic E-state index is -0.516. The normalized spacial score (nSPS) is 11.3. The van der Waals surface area contributed by atoms with Gasteiger partial charge in [0.15, 0.2) is 0 Å². The lowest BCUT2D eigenvalue weighted by Crippen LogP contribution is -2.35. The zero-order valence-corrected chi connectivity index (χ0v) is 8.88. The van der Waals surface area contributed by atoms with Crippen LogP contribution in [0.1, 0.15) is 6.92 Å². The first-order valence-corrected chi connectivity index (χ1v) is 4.72. The largest absolute Gasteiger partial charge is 0.322 e. The number of urea groups is 1. The summed E-state index contributed by atoms with van der Waals surface area (Å²) in [6, 6.07) is 7.67. The molecule has 4 nitrogen and oxygen atoms in total. The SMILES string of the molecule is CC(C#N)NC(=O)Nc1ccc(Cl)cc1. The maximum Gasteiger partial charge on any atom is 0.320 e. The van der Waals surface area contributed by atoms with Crippen LogP contribution in [0.25, 0.3) is 0 Å². The van der Waals surface area contributed by atoms with Crippen molar-refractivity contribution in [2.45, 2.75) is 13.0 Å². The van der Waals surface area contributed by atoms with Gasteiger partial charge in [0.1, 0.15) is 6.04 Å². The highest BCUT2D eigenvalue weighted by molar-refractivity contribution is 6.30. The summed E-state index contributed by atoms with van der Waals surface area (Å²) in [5, 5.41) is 14.1. The number of rotatable bonds is 2. The lowest BCUT2D eigenvalue weighted by atomic mass is 10.3. The molecule has 0 radical (unpaired) electrons. The number of anilines is 1. The third kappa shape index (κ3) is 3.88. The maximum absolute atomic E-state index is 11.3. The molecule has 0 saturated heterocycles. The molecule has 1 unspecified atom stereocenters. The van der Waals surface area contributed by atoms with E-state index in [2.05, 4.69) is 10.6 Å². The van der Waals surface area contributed by atoms with Crippen LogP contribution in [-0.2, 0) is 0 Å². The number of amides is 2. The molecule has 1 atom stereocenters. The minimum absolute atomic E-state index is 0.411. The number of nitrogens with one attached hydrogen (secondary N) is 2.